The molecule has 1 heterocycles. The van der Waals surface area contributed by atoms with E-state index in [9.17, 15) is 4.79 Å². The number of rotatable bonds is 4. The predicted molar refractivity (Wildman–Crippen MR) is 56.1 cm³/mol. The molecule has 3 nitrogen and oxygen atoms in total. The van der Waals surface area contributed by atoms with Crippen LogP contribution in [-0.4, -0.2) is 6.54 Å². The molecule has 0 amide bonds. The largest absolute Gasteiger partial charge is 0.429 e. The van der Waals surface area contributed by atoms with E-state index in [1.807, 2.05) is 0 Å². The van der Waals surface area contributed by atoms with Gasteiger partial charge in [0.05, 0.1) is 4.47 Å². The lowest BCUT2D eigenvalue weighted by Crippen LogP contribution is -2.10. The van der Waals surface area contributed by atoms with E-state index in [1.165, 1.54) is 6.26 Å². The smallest absolute Gasteiger partial charge is 0.359 e. The third-order valence-corrected chi connectivity index (χ3v) is 2.04. The summed E-state index contributed by atoms with van der Waals surface area (Å²) in [5.41, 5.74) is 0.196. The van der Waals surface area contributed by atoms with E-state index in [1.54, 1.807) is 6.07 Å². The highest BCUT2D eigenvalue weighted by Gasteiger charge is 2.00. The number of hydrogen-bond donors (Lipinski definition) is 1. The van der Waals surface area contributed by atoms with Gasteiger partial charge in [-0.2, -0.15) is 0 Å². The molecule has 0 aromatic carbocycles. The summed E-state index contributed by atoms with van der Waals surface area (Å²) in [5.74, 6) is 0. The van der Waals surface area contributed by atoms with E-state index in [-0.39, 0.29) is 5.63 Å². The Morgan fingerprint density at radius 3 is 3.08 bits per heavy atom. The molecule has 1 aromatic rings. The Hall–Kier alpha value is -0.770. The first-order chi connectivity index (χ1) is 6.24. The lowest BCUT2D eigenvalue weighted by molar-refractivity contribution is 0.509. The van der Waals surface area contributed by atoms with Crippen LogP contribution in [0.5, 0.6) is 0 Å². The van der Waals surface area contributed by atoms with E-state index < -0.39 is 0 Å². The molecule has 0 saturated carbocycles. The van der Waals surface area contributed by atoms with Crippen molar-refractivity contribution in [3.05, 3.63) is 27.2 Å². The van der Waals surface area contributed by atoms with Crippen molar-refractivity contribution >= 4 is 21.6 Å². The van der Waals surface area contributed by atoms with Crippen molar-refractivity contribution in [1.82, 2.24) is 0 Å². The van der Waals surface area contributed by atoms with Gasteiger partial charge in [0.25, 0.3) is 0 Å². The lowest BCUT2D eigenvalue weighted by atomic mass is 10.3. The minimum atomic E-state index is -0.320. The number of anilines is 1. The zero-order valence-corrected chi connectivity index (χ0v) is 9.06. The van der Waals surface area contributed by atoms with Gasteiger partial charge in [-0.25, -0.2) is 4.79 Å². The molecular weight excluding hydrogens is 234 g/mol. The molecule has 0 fully saturated rings. The summed E-state index contributed by atoms with van der Waals surface area (Å²) < 4.78 is 5.52. The van der Waals surface area contributed by atoms with Gasteiger partial charge >= 0.3 is 5.63 Å². The molecule has 0 aliphatic rings. The second-order valence-corrected chi connectivity index (χ2v) is 3.66. The number of nitrogens with one attached hydrogen (secondary N) is 1. The van der Waals surface area contributed by atoms with Crippen molar-refractivity contribution in [2.24, 2.45) is 0 Å². The number of halogens is 1. The third kappa shape index (κ3) is 3.22. The Morgan fingerprint density at radius 2 is 2.38 bits per heavy atom. The minimum Gasteiger partial charge on any atom is -0.429 e. The quantitative estimate of drug-likeness (QED) is 0.830. The summed E-state index contributed by atoms with van der Waals surface area (Å²) in [6.45, 7) is 2.91. The van der Waals surface area contributed by atoms with Crippen LogP contribution >= 0.6 is 15.9 Å². The SMILES string of the molecule is CCCCNc1cc(Br)coc1=O. The Kier molecular flexibility index (Phi) is 4.02. The van der Waals surface area contributed by atoms with Gasteiger partial charge in [-0.05, 0) is 28.4 Å². The third-order valence-electron chi connectivity index (χ3n) is 1.63. The summed E-state index contributed by atoms with van der Waals surface area (Å²) in [7, 11) is 0. The molecular formula is C9H12BrNO2. The van der Waals surface area contributed by atoms with Crippen LogP contribution in [0.25, 0.3) is 0 Å². The van der Waals surface area contributed by atoms with E-state index in [0.29, 0.717) is 5.69 Å². The first-order valence-corrected chi connectivity index (χ1v) is 5.05. The molecule has 0 radical (unpaired) electrons. The van der Waals surface area contributed by atoms with Crippen LogP contribution in [0.2, 0.25) is 0 Å². The summed E-state index contributed by atoms with van der Waals surface area (Å²) in [6, 6.07) is 1.72. The number of unbranched alkanes of at least 4 members (excludes halogenated alkanes) is 1. The molecule has 0 spiro atoms. The van der Waals surface area contributed by atoms with Crippen molar-refractivity contribution in [2.45, 2.75) is 19.8 Å². The van der Waals surface area contributed by atoms with Crippen LogP contribution in [0.3, 0.4) is 0 Å². The highest BCUT2D eigenvalue weighted by molar-refractivity contribution is 9.10. The van der Waals surface area contributed by atoms with Crippen molar-refractivity contribution in [3.63, 3.8) is 0 Å². The molecule has 0 saturated heterocycles. The average Bonchev–Trinajstić information content (AvgIpc) is 2.11. The van der Waals surface area contributed by atoms with Crippen LogP contribution in [0.15, 0.2) is 26.0 Å². The summed E-state index contributed by atoms with van der Waals surface area (Å²) >= 11 is 3.23. The monoisotopic (exact) mass is 245 g/mol. The van der Waals surface area contributed by atoms with Crippen molar-refractivity contribution < 1.29 is 4.42 Å². The van der Waals surface area contributed by atoms with Gasteiger partial charge in [0.15, 0.2) is 0 Å². The Balaban J connectivity index is 2.65. The van der Waals surface area contributed by atoms with Crippen LogP contribution in [0.4, 0.5) is 5.69 Å². The summed E-state index contributed by atoms with van der Waals surface area (Å²) in [5, 5.41) is 3.02. The Morgan fingerprint density at radius 1 is 1.62 bits per heavy atom. The highest BCUT2D eigenvalue weighted by Crippen LogP contribution is 2.11. The highest BCUT2D eigenvalue weighted by atomic mass is 79.9. The van der Waals surface area contributed by atoms with E-state index in [4.69, 9.17) is 4.42 Å². The normalized spacial score (nSPS) is 10.0. The van der Waals surface area contributed by atoms with Gasteiger partial charge in [0, 0.05) is 6.54 Å². The Bertz CT molecular complexity index is 322. The van der Waals surface area contributed by atoms with Gasteiger partial charge in [-0.3, -0.25) is 0 Å². The molecule has 0 aliphatic heterocycles. The first kappa shape index (κ1) is 10.3. The minimum absolute atomic E-state index is 0.320. The summed E-state index contributed by atoms with van der Waals surface area (Å²) in [6.07, 6.45) is 3.53. The fourth-order valence-electron chi connectivity index (χ4n) is 0.927. The molecule has 1 rings (SSSR count). The van der Waals surface area contributed by atoms with Crippen LogP contribution < -0.4 is 10.9 Å². The zero-order chi connectivity index (χ0) is 9.68. The maximum absolute atomic E-state index is 11.1. The molecule has 1 N–H and O–H groups in total. The van der Waals surface area contributed by atoms with Crippen molar-refractivity contribution in [3.8, 4) is 0 Å². The van der Waals surface area contributed by atoms with E-state index in [0.717, 1.165) is 23.9 Å². The molecule has 0 unspecified atom stereocenters. The molecule has 1 aromatic heterocycles. The maximum Gasteiger partial charge on any atom is 0.359 e. The topological polar surface area (TPSA) is 42.2 Å². The zero-order valence-electron chi connectivity index (χ0n) is 7.47. The molecule has 0 atom stereocenters. The predicted octanol–water partition coefficient (Wildman–Crippen LogP) is 2.61. The van der Waals surface area contributed by atoms with Crippen LogP contribution in [0, 0.1) is 0 Å². The van der Waals surface area contributed by atoms with Crippen LogP contribution in [0.1, 0.15) is 19.8 Å². The van der Waals surface area contributed by atoms with E-state index >= 15 is 0 Å². The summed E-state index contributed by atoms with van der Waals surface area (Å²) in [4.78, 5) is 11.1. The van der Waals surface area contributed by atoms with E-state index in [2.05, 4.69) is 28.2 Å². The van der Waals surface area contributed by atoms with Crippen molar-refractivity contribution in [2.75, 3.05) is 11.9 Å². The van der Waals surface area contributed by atoms with Crippen LogP contribution in [-0.2, 0) is 0 Å². The fraction of sp³-hybridized carbons (Fsp3) is 0.444. The van der Waals surface area contributed by atoms with Gasteiger partial charge in [-0.15, -0.1) is 0 Å². The molecule has 72 valence electrons. The van der Waals surface area contributed by atoms with Gasteiger partial charge in [-0.1, -0.05) is 13.3 Å². The van der Waals surface area contributed by atoms with Gasteiger partial charge < -0.3 is 9.73 Å². The standard InChI is InChI=1S/C9H12BrNO2/c1-2-3-4-11-8-5-7(10)6-13-9(8)12/h5-6,11H,2-4H2,1H3. The van der Waals surface area contributed by atoms with Gasteiger partial charge in [0.2, 0.25) is 0 Å². The molecule has 13 heavy (non-hydrogen) atoms. The first-order valence-electron chi connectivity index (χ1n) is 4.26. The van der Waals surface area contributed by atoms with Gasteiger partial charge in [0.1, 0.15) is 12.0 Å². The number of hydrogen-bond acceptors (Lipinski definition) is 3. The maximum atomic E-state index is 11.1. The molecule has 0 aliphatic carbocycles. The molecule has 4 heteroatoms. The average molecular weight is 246 g/mol. The van der Waals surface area contributed by atoms with Crippen molar-refractivity contribution in [1.29, 1.82) is 0 Å². The Labute approximate surface area is 85.3 Å². The fourth-order valence-corrected chi connectivity index (χ4v) is 1.25. The molecule has 0 bridgehead atoms. The lowest BCUT2D eigenvalue weighted by Gasteiger charge is -2.02. The second kappa shape index (κ2) is 5.07. The second-order valence-electron chi connectivity index (χ2n) is 2.75.